The Morgan fingerprint density at radius 2 is 1.74 bits per heavy atom. The van der Waals surface area contributed by atoms with Gasteiger partial charge in [0.25, 0.3) is 5.91 Å². The van der Waals surface area contributed by atoms with Crippen molar-refractivity contribution in [2.24, 2.45) is 11.8 Å². The molecule has 14 nitrogen and oxygen atoms in total. The summed E-state index contributed by atoms with van der Waals surface area (Å²) in [4.78, 5) is 74.7. The second-order valence-corrected chi connectivity index (χ2v) is 12.6. The van der Waals surface area contributed by atoms with Gasteiger partial charge in [-0.3, -0.25) is 24.2 Å². The first kappa shape index (κ1) is 35.6. The van der Waals surface area contributed by atoms with Gasteiger partial charge in [-0.15, -0.1) is 0 Å². The van der Waals surface area contributed by atoms with Crippen molar-refractivity contribution in [1.82, 2.24) is 30.8 Å². The van der Waals surface area contributed by atoms with E-state index in [2.05, 4.69) is 25.9 Å². The average molecular weight is 673 g/mol. The smallest absolute Gasteiger partial charge is 0.272 e. The molecule has 0 bridgehead atoms. The van der Waals surface area contributed by atoms with E-state index >= 15 is 0 Å². The highest BCUT2D eigenvalue weighted by Gasteiger charge is 2.44. The Morgan fingerprint density at radius 1 is 1.04 bits per heavy atom. The molecular weight excluding hydrogens is 632 g/mol. The van der Waals surface area contributed by atoms with Crippen molar-refractivity contribution in [2.45, 2.75) is 84.3 Å². The highest BCUT2D eigenvalue weighted by molar-refractivity contribution is 6.31. The van der Waals surface area contributed by atoms with Gasteiger partial charge in [-0.25, -0.2) is 4.98 Å². The molecule has 4 rings (SSSR count). The number of ether oxygens (including phenoxy) is 3. The molecule has 1 aromatic carbocycles. The maximum atomic E-state index is 14.1. The van der Waals surface area contributed by atoms with E-state index in [0.717, 1.165) is 0 Å². The van der Waals surface area contributed by atoms with Crippen LogP contribution in [-0.4, -0.2) is 88.4 Å². The number of likely N-dealkylation sites (tertiary alicyclic amines) is 1. The van der Waals surface area contributed by atoms with Gasteiger partial charge in [0.1, 0.15) is 30.1 Å². The Hall–Kier alpha value is -4.30. The first-order chi connectivity index (χ1) is 22.4. The Labute approximate surface area is 278 Å². The Bertz CT molecular complexity index is 1460. The Balaban J connectivity index is 1.51. The summed E-state index contributed by atoms with van der Waals surface area (Å²) in [6.07, 6.45) is 4.69. The molecule has 2 aliphatic heterocycles. The van der Waals surface area contributed by atoms with Crippen LogP contribution in [0.25, 0.3) is 0 Å². The second-order valence-electron chi connectivity index (χ2n) is 12.1. The lowest BCUT2D eigenvalue weighted by Crippen LogP contribution is -2.59. The molecule has 4 amide bonds. The van der Waals surface area contributed by atoms with Gasteiger partial charge in [-0.05, 0) is 24.3 Å². The zero-order valence-electron chi connectivity index (χ0n) is 27.0. The number of halogens is 1. The van der Waals surface area contributed by atoms with E-state index in [1.54, 1.807) is 46.8 Å². The summed E-state index contributed by atoms with van der Waals surface area (Å²) in [6, 6.07) is -0.356. The first-order valence-electron chi connectivity index (χ1n) is 15.6. The van der Waals surface area contributed by atoms with E-state index in [1.807, 2.05) is 0 Å². The monoisotopic (exact) mass is 672 g/mol. The van der Waals surface area contributed by atoms with E-state index < -0.39 is 53.9 Å². The molecule has 0 saturated carbocycles. The third-order valence-electron chi connectivity index (χ3n) is 8.06. The highest BCUT2D eigenvalue weighted by Crippen LogP contribution is 2.37. The molecule has 47 heavy (non-hydrogen) atoms. The van der Waals surface area contributed by atoms with Gasteiger partial charge in [0, 0.05) is 37.0 Å². The number of rotatable bonds is 14. The van der Waals surface area contributed by atoms with Crippen LogP contribution < -0.4 is 25.4 Å². The van der Waals surface area contributed by atoms with Crippen LogP contribution in [0.15, 0.2) is 30.7 Å². The maximum absolute atomic E-state index is 14.1. The van der Waals surface area contributed by atoms with Crippen molar-refractivity contribution in [1.29, 1.82) is 0 Å². The van der Waals surface area contributed by atoms with Crippen LogP contribution in [0.2, 0.25) is 5.02 Å². The zero-order valence-corrected chi connectivity index (χ0v) is 27.8. The fourth-order valence-corrected chi connectivity index (χ4v) is 5.51. The number of nitrogens with one attached hydrogen (secondary N) is 3. The molecule has 3 N–H and O–H groups in total. The number of nitrogens with zero attached hydrogens (tertiary/aromatic N) is 3. The standard InChI is InChI=1S/C32H41ClN6O8/c1-6-20(14-40)36-30(42)24-10-21(45-15-19-9-25-26(11-22(19)33)47-16-46-25)13-39(24)32(44)28(18(4)5)38-31(43)27(17(2)3)37-29(41)23-12-34-7-8-35-23/h7-9,11-12,14,17-18,20-21,24,27-28H,6,10,13,15-16H2,1-5H3,(H,36,42)(H,37,41)(H,38,43)/t20-,21+,24-,27-,28-/m0/s1. The Morgan fingerprint density at radius 3 is 2.36 bits per heavy atom. The second kappa shape index (κ2) is 16.0. The molecule has 1 fully saturated rings. The summed E-state index contributed by atoms with van der Waals surface area (Å²) in [6.45, 7) is 9.04. The number of aldehydes is 1. The largest absolute Gasteiger partial charge is 0.454 e. The molecule has 2 aliphatic rings. The summed E-state index contributed by atoms with van der Waals surface area (Å²) in [5.74, 6) is -1.80. The predicted octanol–water partition coefficient (Wildman–Crippen LogP) is 2.03. The van der Waals surface area contributed by atoms with Crippen LogP contribution in [0.3, 0.4) is 0 Å². The lowest BCUT2D eigenvalue weighted by molar-refractivity contribution is -0.143. The van der Waals surface area contributed by atoms with E-state index in [-0.39, 0.29) is 43.9 Å². The molecule has 254 valence electrons. The van der Waals surface area contributed by atoms with E-state index in [0.29, 0.717) is 34.8 Å². The van der Waals surface area contributed by atoms with Crippen molar-refractivity contribution in [3.63, 3.8) is 0 Å². The third-order valence-corrected chi connectivity index (χ3v) is 8.41. The SMILES string of the molecule is CC[C@@H](C=O)NC(=O)[C@@H]1C[C@@H](OCc2cc3c(cc2Cl)OCO3)CN1C(=O)[C@@H](NC(=O)[C@@H](NC(=O)c1cnccn1)C(C)C)C(C)C. The number of amides is 4. The molecule has 1 aromatic heterocycles. The lowest BCUT2D eigenvalue weighted by atomic mass is 9.98. The minimum atomic E-state index is -1.04. The quantitative estimate of drug-likeness (QED) is 0.252. The summed E-state index contributed by atoms with van der Waals surface area (Å²) >= 11 is 6.43. The molecule has 5 atom stereocenters. The fraction of sp³-hybridized carbons (Fsp3) is 0.531. The van der Waals surface area contributed by atoms with Crippen molar-refractivity contribution in [3.05, 3.63) is 47.0 Å². The van der Waals surface area contributed by atoms with Crippen molar-refractivity contribution in [3.8, 4) is 11.5 Å². The van der Waals surface area contributed by atoms with Crippen molar-refractivity contribution in [2.75, 3.05) is 13.3 Å². The van der Waals surface area contributed by atoms with Crippen LogP contribution in [0.1, 0.15) is 63.5 Å². The minimum Gasteiger partial charge on any atom is -0.454 e. The summed E-state index contributed by atoms with van der Waals surface area (Å²) < 4.78 is 17.0. The summed E-state index contributed by atoms with van der Waals surface area (Å²) in [5, 5.41) is 8.61. The molecule has 0 spiro atoms. The van der Waals surface area contributed by atoms with E-state index in [9.17, 15) is 24.0 Å². The van der Waals surface area contributed by atoms with Crippen LogP contribution in [0.4, 0.5) is 0 Å². The normalized spacial score (nSPS) is 18.9. The molecule has 1 saturated heterocycles. The lowest BCUT2D eigenvalue weighted by Gasteiger charge is -2.32. The Kier molecular flexibility index (Phi) is 12.1. The molecular formula is C32H41ClN6O8. The van der Waals surface area contributed by atoms with Crippen LogP contribution >= 0.6 is 11.6 Å². The fourth-order valence-electron chi connectivity index (χ4n) is 5.30. The number of fused-ring (bicyclic) bond motifs is 1. The number of hydrogen-bond acceptors (Lipinski definition) is 10. The number of hydrogen-bond donors (Lipinski definition) is 3. The zero-order chi connectivity index (χ0) is 34.2. The third kappa shape index (κ3) is 8.74. The molecule has 3 heterocycles. The highest BCUT2D eigenvalue weighted by atomic mass is 35.5. The number of benzene rings is 1. The minimum absolute atomic E-state index is 0.0436. The maximum Gasteiger partial charge on any atom is 0.272 e. The molecule has 0 aliphatic carbocycles. The van der Waals surface area contributed by atoms with Crippen molar-refractivity contribution >= 4 is 41.5 Å². The van der Waals surface area contributed by atoms with Gasteiger partial charge >= 0.3 is 0 Å². The van der Waals surface area contributed by atoms with Crippen molar-refractivity contribution < 1.29 is 38.2 Å². The molecule has 15 heteroatoms. The summed E-state index contributed by atoms with van der Waals surface area (Å²) in [7, 11) is 0. The van der Waals surface area contributed by atoms with Gasteiger partial charge < -0.3 is 39.9 Å². The van der Waals surface area contributed by atoms with Gasteiger partial charge in [-0.2, -0.15) is 0 Å². The van der Waals surface area contributed by atoms with Gasteiger partial charge in [0.2, 0.25) is 24.5 Å². The van der Waals surface area contributed by atoms with Gasteiger partial charge in [-0.1, -0.05) is 46.2 Å². The van der Waals surface area contributed by atoms with Crippen LogP contribution in [0, 0.1) is 11.8 Å². The van der Waals surface area contributed by atoms with Gasteiger partial charge in [0.15, 0.2) is 11.5 Å². The van der Waals surface area contributed by atoms with E-state index in [4.69, 9.17) is 25.8 Å². The number of carbonyl (C=O) groups is 5. The predicted molar refractivity (Wildman–Crippen MR) is 169 cm³/mol. The van der Waals surface area contributed by atoms with E-state index in [1.165, 1.54) is 23.5 Å². The summed E-state index contributed by atoms with van der Waals surface area (Å²) in [5.41, 5.74) is 0.686. The first-order valence-corrected chi connectivity index (χ1v) is 15.9. The number of carbonyl (C=O) groups excluding carboxylic acids is 5. The topological polar surface area (TPSA) is 178 Å². The van der Waals surface area contributed by atoms with Crippen LogP contribution in [-0.2, 0) is 30.5 Å². The molecule has 2 aromatic rings. The average Bonchev–Trinajstić information content (AvgIpc) is 3.70. The number of aromatic nitrogens is 2. The molecule has 0 unspecified atom stereocenters. The van der Waals surface area contributed by atoms with Crippen LogP contribution in [0.5, 0.6) is 11.5 Å². The molecule has 0 radical (unpaired) electrons. The van der Waals surface area contributed by atoms with Gasteiger partial charge in [0.05, 0.1) is 30.0 Å².